The lowest BCUT2D eigenvalue weighted by Crippen LogP contribution is -2.11. The Balaban J connectivity index is 2.87. The van der Waals surface area contributed by atoms with Crippen molar-refractivity contribution in [3.05, 3.63) is 23.3 Å². The summed E-state index contributed by atoms with van der Waals surface area (Å²) in [5, 5.41) is 0. The third kappa shape index (κ3) is 2.13. The quantitative estimate of drug-likeness (QED) is 0.476. The summed E-state index contributed by atoms with van der Waals surface area (Å²) in [6, 6.07) is 3.63. The fourth-order valence-electron chi connectivity index (χ4n) is 2.85. The predicted octanol–water partition coefficient (Wildman–Crippen LogP) is 1.97. The first kappa shape index (κ1) is 15.6. The molecule has 2 rings (SSSR count). The van der Waals surface area contributed by atoms with Gasteiger partial charge in [-0.25, -0.2) is 0 Å². The van der Waals surface area contributed by atoms with Gasteiger partial charge in [0.2, 0.25) is 0 Å². The molecule has 0 aliphatic heterocycles. The van der Waals surface area contributed by atoms with Gasteiger partial charge in [-0.05, 0) is 24.5 Å². The molecule has 118 valence electrons. The molecule has 2 aromatic carbocycles. The topological polar surface area (TPSA) is 156 Å². The number of nitrogens with two attached hydrogens (primary N) is 6. The average Bonchev–Trinajstić information content (AvgIpc) is 2.48. The standard InChI is InChI=1S/C16H24N6/c1-3-7-10(17)6-5-9(12(7)18)11-13(19)8(4-2)14(20)16(22)15(11)21/h5-6H,3-4,17-22H2,1-2H3. The molecule has 0 radical (unpaired) electrons. The Labute approximate surface area is 130 Å². The summed E-state index contributed by atoms with van der Waals surface area (Å²) in [7, 11) is 0. The molecule has 0 heterocycles. The molecule has 0 spiro atoms. The highest BCUT2D eigenvalue weighted by Gasteiger charge is 2.20. The van der Waals surface area contributed by atoms with Crippen LogP contribution in [0.2, 0.25) is 0 Å². The molecule has 0 aliphatic carbocycles. The van der Waals surface area contributed by atoms with Gasteiger partial charge in [0, 0.05) is 33.8 Å². The summed E-state index contributed by atoms with van der Waals surface area (Å²) in [5.74, 6) is 0. The second-order valence-corrected chi connectivity index (χ2v) is 5.31. The molecule has 0 atom stereocenters. The molecule has 0 unspecified atom stereocenters. The van der Waals surface area contributed by atoms with Crippen molar-refractivity contribution in [2.24, 2.45) is 0 Å². The van der Waals surface area contributed by atoms with E-state index < -0.39 is 0 Å². The van der Waals surface area contributed by atoms with Gasteiger partial charge in [0.15, 0.2) is 0 Å². The van der Waals surface area contributed by atoms with Crippen LogP contribution >= 0.6 is 0 Å². The summed E-state index contributed by atoms with van der Waals surface area (Å²) in [4.78, 5) is 0. The second-order valence-electron chi connectivity index (χ2n) is 5.31. The summed E-state index contributed by atoms with van der Waals surface area (Å²) in [6.45, 7) is 3.96. The summed E-state index contributed by atoms with van der Waals surface area (Å²) < 4.78 is 0. The van der Waals surface area contributed by atoms with E-state index in [-0.39, 0.29) is 0 Å². The van der Waals surface area contributed by atoms with Crippen molar-refractivity contribution in [2.45, 2.75) is 26.7 Å². The van der Waals surface area contributed by atoms with Gasteiger partial charge in [0.1, 0.15) is 0 Å². The Hall–Kier alpha value is -2.76. The van der Waals surface area contributed by atoms with Crippen LogP contribution in [0.5, 0.6) is 0 Å². The Morgan fingerprint density at radius 2 is 1.23 bits per heavy atom. The van der Waals surface area contributed by atoms with Crippen LogP contribution in [-0.4, -0.2) is 0 Å². The molecule has 0 aromatic heterocycles. The molecule has 0 saturated heterocycles. The summed E-state index contributed by atoms with van der Waals surface area (Å²) in [6.07, 6.45) is 1.38. The van der Waals surface area contributed by atoms with Gasteiger partial charge in [0.25, 0.3) is 0 Å². The molecule has 0 aliphatic rings. The van der Waals surface area contributed by atoms with Crippen molar-refractivity contribution in [1.29, 1.82) is 0 Å². The van der Waals surface area contributed by atoms with Crippen LogP contribution in [0.3, 0.4) is 0 Å². The fraction of sp³-hybridized carbons (Fsp3) is 0.250. The zero-order valence-corrected chi connectivity index (χ0v) is 13.0. The van der Waals surface area contributed by atoms with Crippen LogP contribution in [-0.2, 0) is 12.8 Å². The first-order chi connectivity index (χ1) is 10.3. The van der Waals surface area contributed by atoms with Crippen molar-refractivity contribution >= 4 is 34.1 Å². The molecule has 22 heavy (non-hydrogen) atoms. The van der Waals surface area contributed by atoms with Crippen molar-refractivity contribution in [3.63, 3.8) is 0 Å². The highest BCUT2D eigenvalue weighted by Crippen LogP contribution is 2.45. The lowest BCUT2D eigenvalue weighted by molar-refractivity contribution is 1.14. The molecule has 2 aromatic rings. The normalized spacial score (nSPS) is 10.8. The minimum Gasteiger partial charge on any atom is -0.398 e. The van der Waals surface area contributed by atoms with Crippen molar-refractivity contribution in [3.8, 4) is 11.1 Å². The van der Waals surface area contributed by atoms with E-state index in [2.05, 4.69) is 0 Å². The SMILES string of the molecule is CCc1c(N)ccc(-c2c(N)c(N)c(N)c(CC)c2N)c1N. The lowest BCUT2D eigenvalue weighted by Gasteiger charge is -2.21. The maximum atomic E-state index is 6.29. The van der Waals surface area contributed by atoms with Crippen LogP contribution in [0, 0.1) is 0 Å². The van der Waals surface area contributed by atoms with E-state index in [4.69, 9.17) is 34.4 Å². The van der Waals surface area contributed by atoms with Gasteiger partial charge in [-0.2, -0.15) is 0 Å². The summed E-state index contributed by atoms with van der Waals surface area (Å²) >= 11 is 0. The van der Waals surface area contributed by atoms with E-state index in [1.54, 1.807) is 0 Å². The molecule has 0 fully saturated rings. The molecular weight excluding hydrogens is 276 g/mol. The maximum Gasteiger partial charge on any atom is 0.0792 e. The van der Waals surface area contributed by atoms with Gasteiger partial charge in [0.05, 0.1) is 17.1 Å². The number of hydrogen-bond acceptors (Lipinski definition) is 6. The molecule has 0 bridgehead atoms. The van der Waals surface area contributed by atoms with Crippen LogP contribution in [0.4, 0.5) is 34.1 Å². The third-order valence-electron chi connectivity index (χ3n) is 4.14. The lowest BCUT2D eigenvalue weighted by atomic mass is 9.91. The molecular formula is C16H24N6. The predicted molar refractivity (Wildman–Crippen MR) is 97.1 cm³/mol. The van der Waals surface area contributed by atoms with Crippen molar-refractivity contribution in [2.75, 3.05) is 34.4 Å². The Kier molecular flexibility index (Phi) is 3.95. The highest BCUT2D eigenvalue weighted by molar-refractivity contribution is 6.03. The maximum absolute atomic E-state index is 6.29. The van der Waals surface area contributed by atoms with E-state index in [1.165, 1.54) is 0 Å². The third-order valence-corrected chi connectivity index (χ3v) is 4.14. The fourth-order valence-corrected chi connectivity index (χ4v) is 2.85. The Bertz CT molecular complexity index is 736. The molecule has 12 N–H and O–H groups in total. The first-order valence-electron chi connectivity index (χ1n) is 7.26. The Morgan fingerprint density at radius 1 is 0.636 bits per heavy atom. The zero-order valence-electron chi connectivity index (χ0n) is 13.0. The molecule has 0 saturated carbocycles. The van der Waals surface area contributed by atoms with Crippen LogP contribution in [0.25, 0.3) is 11.1 Å². The molecule has 6 heteroatoms. The van der Waals surface area contributed by atoms with Gasteiger partial charge in [-0.15, -0.1) is 0 Å². The number of rotatable bonds is 3. The number of anilines is 6. The van der Waals surface area contributed by atoms with Gasteiger partial charge in [-0.3, -0.25) is 0 Å². The summed E-state index contributed by atoms with van der Waals surface area (Å²) in [5.41, 5.74) is 42.7. The van der Waals surface area contributed by atoms with Crippen LogP contribution < -0.4 is 34.4 Å². The number of benzene rings is 2. The van der Waals surface area contributed by atoms with E-state index >= 15 is 0 Å². The van der Waals surface area contributed by atoms with Gasteiger partial charge < -0.3 is 34.4 Å². The minimum atomic E-state index is 0.343. The van der Waals surface area contributed by atoms with E-state index in [0.717, 1.165) is 23.1 Å². The Morgan fingerprint density at radius 3 is 1.77 bits per heavy atom. The van der Waals surface area contributed by atoms with Gasteiger partial charge >= 0.3 is 0 Å². The van der Waals surface area contributed by atoms with E-state index in [0.29, 0.717) is 46.1 Å². The van der Waals surface area contributed by atoms with Crippen LogP contribution in [0.15, 0.2) is 12.1 Å². The minimum absolute atomic E-state index is 0.343. The highest BCUT2D eigenvalue weighted by atomic mass is 14.8. The van der Waals surface area contributed by atoms with Gasteiger partial charge in [-0.1, -0.05) is 19.9 Å². The zero-order chi connectivity index (χ0) is 16.6. The average molecular weight is 300 g/mol. The van der Waals surface area contributed by atoms with Crippen molar-refractivity contribution in [1.82, 2.24) is 0 Å². The first-order valence-corrected chi connectivity index (χ1v) is 7.26. The number of hydrogen-bond donors (Lipinski definition) is 6. The second kappa shape index (κ2) is 5.55. The van der Waals surface area contributed by atoms with E-state index in [9.17, 15) is 0 Å². The number of nitrogen functional groups attached to an aromatic ring is 6. The van der Waals surface area contributed by atoms with Crippen molar-refractivity contribution < 1.29 is 0 Å². The largest absolute Gasteiger partial charge is 0.398 e. The smallest absolute Gasteiger partial charge is 0.0792 e. The molecule has 6 nitrogen and oxygen atoms in total. The molecule has 0 amide bonds. The van der Waals surface area contributed by atoms with E-state index in [1.807, 2.05) is 26.0 Å². The monoisotopic (exact) mass is 300 g/mol. The van der Waals surface area contributed by atoms with Crippen LogP contribution in [0.1, 0.15) is 25.0 Å².